The van der Waals surface area contributed by atoms with E-state index in [0.717, 1.165) is 23.1 Å². The molecule has 21 heavy (non-hydrogen) atoms. The first kappa shape index (κ1) is 13.6. The van der Waals surface area contributed by atoms with Crippen molar-refractivity contribution >= 4 is 16.7 Å². The quantitative estimate of drug-likeness (QED) is 0.772. The largest absolute Gasteiger partial charge is 0.383 e. The van der Waals surface area contributed by atoms with E-state index >= 15 is 0 Å². The lowest BCUT2D eigenvalue weighted by atomic mass is 9.99. The van der Waals surface area contributed by atoms with Crippen LogP contribution in [0, 0.1) is 6.92 Å². The molecule has 3 nitrogen and oxygen atoms in total. The van der Waals surface area contributed by atoms with Gasteiger partial charge in [-0.3, -0.25) is 0 Å². The highest BCUT2D eigenvalue weighted by atomic mass is 14.8. The molecule has 0 aliphatic rings. The second kappa shape index (κ2) is 5.54. The number of benzene rings is 2. The first-order valence-corrected chi connectivity index (χ1v) is 7.10. The summed E-state index contributed by atoms with van der Waals surface area (Å²) < 4.78 is 0. The number of fused-ring (bicyclic) bond motifs is 1. The molecule has 1 heterocycles. The molecule has 3 heteroatoms. The molecule has 0 aliphatic heterocycles. The van der Waals surface area contributed by atoms with Crippen LogP contribution in [0.5, 0.6) is 0 Å². The minimum Gasteiger partial charge on any atom is -0.383 e. The van der Waals surface area contributed by atoms with Crippen LogP contribution in [0.1, 0.15) is 22.3 Å². The van der Waals surface area contributed by atoms with Gasteiger partial charge in [0, 0.05) is 11.9 Å². The Balaban J connectivity index is 2.01. The maximum Gasteiger partial charge on any atom is 0.127 e. The maximum absolute atomic E-state index is 5.90. The highest BCUT2D eigenvalue weighted by molar-refractivity contribution is 5.85. The van der Waals surface area contributed by atoms with E-state index in [1.54, 1.807) is 0 Å². The lowest BCUT2D eigenvalue weighted by molar-refractivity contribution is 1.06. The van der Waals surface area contributed by atoms with E-state index in [4.69, 9.17) is 11.5 Å². The van der Waals surface area contributed by atoms with E-state index in [2.05, 4.69) is 41.4 Å². The molecule has 3 aromatic rings. The molecule has 106 valence electrons. The highest BCUT2D eigenvalue weighted by Gasteiger charge is 2.06. The minimum absolute atomic E-state index is 0.580. The second-order valence-electron chi connectivity index (χ2n) is 5.37. The van der Waals surface area contributed by atoms with Crippen LogP contribution >= 0.6 is 0 Å². The summed E-state index contributed by atoms with van der Waals surface area (Å²) in [7, 11) is 0. The fourth-order valence-corrected chi connectivity index (χ4v) is 2.54. The van der Waals surface area contributed by atoms with Gasteiger partial charge in [0.2, 0.25) is 0 Å². The zero-order valence-electron chi connectivity index (χ0n) is 12.1. The summed E-state index contributed by atoms with van der Waals surface area (Å²) in [5, 5.41) is 1.17. The molecule has 3 rings (SSSR count). The lowest BCUT2D eigenvalue weighted by Crippen LogP contribution is -1.98. The predicted molar refractivity (Wildman–Crippen MR) is 88.0 cm³/mol. The molecule has 2 aromatic carbocycles. The fraction of sp³-hybridized carbons (Fsp3) is 0.167. The highest BCUT2D eigenvalue weighted by Crippen LogP contribution is 2.23. The molecule has 0 bridgehead atoms. The van der Waals surface area contributed by atoms with Crippen molar-refractivity contribution in [3.8, 4) is 0 Å². The number of hydrogen-bond donors (Lipinski definition) is 2. The lowest BCUT2D eigenvalue weighted by Gasteiger charge is -2.09. The van der Waals surface area contributed by atoms with Crippen LogP contribution in [-0.2, 0) is 13.0 Å². The first-order valence-electron chi connectivity index (χ1n) is 7.10. The minimum atomic E-state index is 0.580. The van der Waals surface area contributed by atoms with Gasteiger partial charge in [-0.2, -0.15) is 0 Å². The molecule has 0 saturated carbocycles. The normalized spacial score (nSPS) is 11.0. The van der Waals surface area contributed by atoms with Gasteiger partial charge in [-0.15, -0.1) is 0 Å². The Labute approximate surface area is 124 Å². The summed E-state index contributed by atoms with van der Waals surface area (Å²) in [6.45, 7) is 2.57. The van der Waals surface area contributed by atoms with Gasteiger partial charge in [0.25, 0.3) is 0 Å². The summed E-state index contributed by atoms with van der Waals surface area (Å²) in [5.41, 5.74) is 17.2. The van der Waals surface area contributed by atoms with E-state index < -0.39 is 0 Å². The van der Waals surface area contributed by atoms with Gasteiger partial charge in [-0.25, -0.2) is 4.98 Å². The van der Waals surface area contributed by atoms with Crippen molar-refractivity contribution in [2.45, 2.75) is 19.9 Å². The van der Waals surface area contributed by atoms with Crippen molar-refractivity contribution in [2.24, 2.45) is 5.73 Å². The van der Waals surface area contributed by atoms with Gasteiger partial charge in [-0.1, -0.05) is 36.4 Å². The third kappa shape index (κ3) is 2.73. The number of nitrogens with two attached hydrogens (primary N) is 2. The van der Waals surface area contributed by atoms with Crippen molar-refractivity contribution in [1.29, 1.82) is 0 Å². The Morgan fingerprint density at radius 3 is 2.43 bits per heavy atom. The van der Waals surface area contributed by atoms with E-state index in [0.29, 0.717) is 12.4 Å². The van der Waals surface area contributed by atoms with E-state index in [1.165, 1.54) is 16.5 Å². The van der Waals surface area contributed by atoms with Gasteiger partial charge in [0.05, 0.1) is 5.52 Å². The number of pyridine rings is 1. The molecule has 0 atom stereocenters. The summed E-state index contributed by atoms with van der Waals surface area (Å²) >= 11 is 0. The average molecular weight is 277 g/mol. The topological polar surface area (TPSA) is 64.9 Å². The summed E-state index contributed by atoms with van der Waals surface area (Å²) in [6, 6.07) is 16.8. The van der Waals surface area contributed by atoms with Crippen molar-refractivity contribution in [1.82, 2.24) is 4.98 Å². The molecule has 0 amide bonds. The van der Waals surface area contributed by atoms with Crippen molar-refractivity contribution in [2.75, 3.05) is 5.73 Å². The van der Waals surface area contributed by atoms with Gasteiger partial charge in [0.15, 0.2) is 0 Å². The van der Waals surface area contributed by atoms with Gasteiger partial charge in [-0.05, 0) is 47.7 Å². The average Bonchev–Trinajstić information content (AvgIpc) is 2.50. The molecule has 0 radical (unpaired) electrons. The number of hydrogen-bond acceptors (Lipinski definition) is 3. The zero-order valence-corrected chi connectivity index (χ0v) is 12.1. The molecule has 0 spiro atoms. The van der Waals surface area contributed by atoms with Crippen LogP contribution in [0.25, 0.3) is 10.9 Å². The van der Waals surface area contributed by atoms with Crippen LogP contribution in [0.4, 0.5) is 5.82 Å². The van der Waals surface area contributed by atoms with Crippen LogP contribution in [-0.4, -0.2) is 4.98 Å². The van der Waals surface area contributed by atoms with E-state index in [1.807, 2.05) is 19.1 Å². The van der Waals surface area contributed by atoms with Gasteiger partial charge < -0.3 is 11.5 Å². The Kier molecular flexibility index (Phi) is 3.59. The third-order valence-electron chi connectivity index (χ3n) is 3.83. The standard InChI is InChI=1S/C18H19N3/c1-12-9-16-15(3-2-4-17(16)21-18(12)20)10-13-5-7-14(11-19)8-6-13/h2-9H,10-11,19H2,1H3,(H2,20,21). The predicted octanol–water partition coefficient (Wildman–Crippen LogP) is 3.17. The van der Waals surface area contributed by atoms with Crippen LogP contribution in [0.15, 0.2) is 48.5 Å². The number of nitrogen functional groups attached to an aromatic ring is 1. The third-order valence-corrected chi connectivity index (χ3v) is 3.83. The molecule has 0 saturated heterocycles. The Bertz CT molecular complexity index is 776. The van der Waals surface area contributed by atoms with Crippen molar-refractivity contribution < 1.29 is 0 Å². The van der Waals surface area contributed by atoms with Crippen LogP contribution in [0.2, 0.25) is 0 Å². The van der Waals surface area contributed by atoms with Crippen LogP contribution < -0.4 is 11.5 Å². The number of aryl methyl sites for hydroxylation is 1. The SMILES string of the molecule is Cc1cc2c(Cc3ccc(CN)cc3)cccc2nc1N. The molecular weight excluding hydrogens is 258 g/mol. The Hall–Kier alpha value is -2.39. The number of anilines is 1. The van der Waals surface area contributed by atoms with Gasteiger partial charge >= 0.3 is 0 Å². The molecular formula is C18H19N3. The summed E-state index contributed by atoms with van der Waals surface area (Å²) in [4.78, 5) is 4.47. The Morgan fingerprint density at radius 1 is 1.00 bits per heavy atom. The van der Waals surface area contributed by atoms with Gasteiger partial charge in [0.1, 0.15) is 5.82 Å². The van der Waals surface area contributed by atoms with Crippen molar-refractivity contribution in [3.63, 3.8) is 0 Å². The second-order valence-corrected chi connectivity index (χ2v) is 5.37. The monoisotopic (exact) mass is 277 g/mol. The molecule has 0 unspecified atom stereocenters. The smallest absolute Gasteiger partial charge is 0.127 e. The summed E-state index contributed by atoms with van der Waals surface area (Å²) in [5.74, 6) is 0.604. The van der Waals surface area contributed by atoms with Crippen LogP contribution in [0.3, 0.4) is 0 Å². The first-order chi connectivity index (χ1) is 10.2. The summed E-state index contributed by atoms with van der Waals surface area (Å²) in [6.07, 6.45) is 0.882. The Morgan fingerprint density at radius 2 is 1.71 bits per heavy atom. The molecule has 1 aromatic heterocycles. The van der Waals surface area contributed by atoms with E-state index in [-0.39, 0.29) is 0 Å². The number of rotatable bonds is 3. The van der Waals surface area contributed by atoms with Crippen molar-refractivity contribution in [3.05, 3.63) is 70.8 Å². The molecule has 0 fully saturated rings. The zero-order chi connectivity index (χ0) is 14.8. The molecule has 0 aliphatic carbocycles. The van der Waals surface area contributed by atoms with E-state index in [9.17, 15) is 0 Å². The number of aromatic nitrogens is 1. The molecule has 4 N–H and O–H groups in total. The fourth-order valence-electron chi connectivity index (χ4n) is 2.54. The number of nitrogens with zero attached hydrogens (tertiary/aromatic N) is 1. The maximum atomic E-state index is 5.90.